The highest BCUT2D eigenvalue weighted by molar-refractivity contribution is 5.91. The number of rotatable bonds is 0. The van der Waals surface area contributed by atoms with Crippen LogP contribution in [0.3, 0.4) is 0 Å². The van der Waals surface area contributed by atoms with E-state index >= 15 is 0 Å². The van der Waals surface area contributed by atoms with Gasteiger partial charge in [-0.05, 0) is 49.0 Å². The van der Waals surface area contributed by atoms with Crippen molar-refractivity contribution < 1.29 is 0 Å². The second-order valence-electron chi connectivity index (χ2n) is 14.5. The summed E-state index contributed by atoms with van der Waals surface area (Å²) in [7, 11) is 0. The summed E-state index contributed by atoms with van der Waals surface area (Å²) in [4.78, 5) is 15.4. The summed E-state index contributed by atoms with van der Waals surface area (Å²) in [5.74, 6) is 0.0390. The minimum absolute atomic E-state index is 0.0216. The first-order valence-electron chi connectivity index (χ1n) is 17.4. The Bertz CT molecular complexity index is 2170. The molecule has 0 N–H and O–H groups in total. The minimum Gasteiger partial charge on any atom is -0.334 e. The van der Waals surface area contributed by atoms with Crippen molar-refractivity contribution in [3.05, 3.63) is 180 Å². The summed E-state index contributed by atoms with van der Waals surface area (Å²) >= 11 is 0. The van der Waals surface area contributed by atoms with E-state index in [1.54, 1.807) is 0 Å². The van der Waals surface area contributed by atoms with E-state index < -0.39 is 0 Å². The van der Waals surface area contributed by atoms with Gasteiger partial charge in [0.2, 0.25) is 0 Å². The Morgan fingerprint density at radius 2 is 0.633 bits per heavy atom. The average molecular weight is 635 g/mol. The molecule has 7 heterocycles. The molecular formula is C43H34N6. The highest BCUT2D eigenvalue weighted by Gasteiger charge is 2.42. The van der Waals surface area contributed by atoms with Crippen molar-refractivity contribution in [2.45, 2.75) is 24.4 Å². The van der Waals surface area contributed by atoms with Gasteiger partial charge in [0.15, 0.2) is 0 Å². The Morgan fingerprint density at radius 1 is 0.347 bits per heavy atom. The van der Waals surface area contributed by atoms with Crippen LogP contribution in [-0.4, -0.2) is 49.4 Å². The van der Waals surface area contributed by atoms with Gasteiger partial charge in [-0.15, -0.1) is 0 Å². The Labute approximate surface area is 285 Å². The zero-order chi connectivity index (χ0) is 31.8. The maximum absolute atomic E-state index is 2.56. The molecule has 49 heavy (non-hydrogen) atoms. The van der Waals surface area contributed by atoms with Gasteiger partial charge < -0.3 is 29.4 Å². The van der Waals surface area contributed by atoms with Gasteiger partial charge in [-0.1, -0.05) is 109 Å². The monoisotopic (exact) mass is 634 g/mol. The number of hydrogen-bond acceptors (Lipinski definition) is 6. The van der Waals surface area contributed by atoms with E-state index in [0.717, 1.165) is 20.0 Å². The van der Waals surface area contributed by atoms with Gasteiger partial charge in [-0.25, -0.2) is 0 Å². The zero-order valence-corrected chi connectivity index (χ0v) is 27.0. The van der Waals surface area contributed by atoms with Crippen LogP contribution in [0.1, 0.15) is 57.8 Å². The summed E-state index contributed by atoms with van der Waals surface area (Å²) in [6.45, 7) is 2.37. The van der Waals surface area contributed by atoms with Crippen LogP contribution in [-0.2, 0) is 0 Å². The molecule has 6 aromatic carbocycles. The largest absolute Gasteiger partial charge is 0.334 e. The van der Waals surface area contributed by atoms with Crippen molar-refractivity contribution in [1.82, 2.24) is 29.4 Å². The molecule has 0 saturated carbocycles. The molecular weight excluding hydrogens is 601 g/mol. The third-order valence-corrected chi connectivity index (χ3v) is 11.8. The van der Waals surface area contributed by atoms with Crippen molar-refractivity contribution in [1.29, 1.82) is 0 Å². The standard InChI is InChI=1S/C43H34N6/c1-4-10-34-28(7-1)19-31-22-37(34)41-44-13-15-46(25-44)42-38-23-32(20-29-8-2-5-11-35(29)38)40(31)33-21-30-9-3-6-12-36(30)39(24-33)43(47-16-14-45(41)26-47)49-18-17-48(42)27-49/h1-24,40-43H,25-27H2. The molecule has 0 unspecified atom stereocenters. The van der Waals surface area contributed by atoms with Crippen LogP contribution in [0.4, 0.5) is 0 Å². The normalized spacial score (nSPS) is 24.0. The van der Waals surface area contributed by atoms with Crippen LogP contribution in [0.15, 0.2) is 146 Å². The first-order chi connectivity index (χ1) is 24.2. The van der Waals surface area contributed by atoms with E-state index in [2.05, 4.69) is 176 Å². The highest BCUT2D eigenvalue weighted by atomic mass is 15.6. The average Bonchev–Trinajstić information content (AvgIpc) is 3.91. The molecule has 16 bridgehead atoms. The van der Waals surface area contributed by atoms with E-state index in [0.29, 0.717) is 0 Å². The lowest BCUT2D eigenvalue weighted by molar-refractivity contribution is -0.00379. The number of benzene rings is 6. The van der Waals surface area contributed by atoms with Gasteiger partial charge in [0.25, 0.3) is 0 Å². The van der Waals surface area contributed by atoms with Crippen molar-refractivity contribution in [3.63, 3.8) is 0 Å². The molecule has 0 amide bonds. The summed E-state index contributed by atoms with van der Waals surface area (Å²) in [6, 6.07) is 42.1. The molecule has 7 aliphatic rings. The third-order valence-electron chi connectivity index (χ3n) is 11.8. The fourth-order valence-corrected chi connectivity index (χ4v) is 9.77. The molecule has 0 spiro atoms. The van der Waals surface area contributed by atoms with Crippen LogP contribution < -0.4 is 0 Å². The van der Waals surface area contributed by atoms with Gasteiger partial charge in [0, 0.05) is 59.8 Å². The Hall–Kier alpha value is -5.88. The molecule has 0 aromatic heterocycles. The SMILES string of the molecule is C1=CN2CN1C1c3cc(cc4ccccc34)C3c4cc(c5ccccc5c4)C2N2C=CN(C2)C(c2cc3cc3ccccc23)N2C=CN1C2. The third kappa shape index (κ3) is 3.55. The van der Waals surface area contributed by atoms with Crippen molar-refractivity contribution in [3.8, 4) is 0 Å². The van der Waals surface area contributed by atoms with E-state index in [1.807, 2.05) is 0 Å². The van der Waals surface area contributed by atoms with E-state index in [-0.39, 0.29) is 24.4 Å². The van der Waals surface area contributed by atoms with E-state index in [4.69, 9.17) is 0 Å². The summed E-state index contributed by atoms with van der Waals surface area (Å²) in [6.07, 6.45) is 14.1. The molecule has 6 aromatic rings. The lowest BCUT2D eigenvalue weighted by Crippen LogP contribution is -2.47. The van der Waals surface area contributed by atoms with Crippen molar-refractivity contribution >= 4 is 32.3 Å². The summed E-state index contributed by atoms with van der Waals surface area (Å²) in [5, 5.41) is 7.81. The van der Waals surface area contributed by atoms with Crippen LogP contribution in [0.5, 0.6) is 0 Å². The quantitative estimate of drug-likeness (QED) is 0.166. The molecule has 0 aliphatic carbocycles. The number of nitrogens with zero attached hydrogens (tertiary/aromatic N) is 6. The van der Waals surface area contributed by atoms with Crippen molar-refractivity contribution in [2.75, 3.05) is 20.0 Å². The second kappa shape index (κ2) is 9.38. The molecule has 0 radical (unpaired) electrons. The maximum atomic E-state index is 2.56. The summed E-state index contributed by atoms with van der Waals surface area (Å²) in [5.41, 5.74) is 8.08. The molecule has 236 valence electrons. The first kappa shape index (κ1) is 26.1. The molecule has 1 fully saturated rings. The topological polar surface area (TPSA) is 19.4 Å². The molecule has 1 saturated heterocycles. The highest BCUT2D eigenvalue weighted by Crippen LogP contribution is 2.49. The lowest BCUT2D eigenvalue weighted by atomic mass is 9.79. The van der Waals surface area contributed by atoms with E-state index in [9.17, 15) is 0 Å². The zero-order valence-electron chi connectivity index (χ0n) is 27.0. The van der Waals surface area contributed by atoms with Gasteiger partial charge in [0.05, 0.1) is 20.0 Å². The molecule has 6 heteroatoms. The summed E-state index contributed by atoms with van der Waals surface area (Å²) < 4.78 is 0. The second-order valence-corrected chi connectivity index (χ2v) is 14.5. The fraction of sp³-hybridized carbons (Fsp3) is 0.163. The van der Waals surface area contributed by atoms with Gasteiger partial charge >= 0.3 is 0 Å². The number of fused-ring (bicyclic) bond motifs is 3. The van der Waals surface area contributed by atoms with Crippen LogP contribution in [0, 0.1) is 0 Å². The lowest BCUT2D eigenvalue weighted by Gasteiger charge is -2.45. The van der Waals surface area contributed by atoms with Crippen molar-refractivity contribution in [2.24, 2.45) is 0 Å². The Kier molecular flexibility index (Phi) is 5.00. The Balaban J connectivity index is 1.30. The van der Waals surface area contributed by atoms with E-state index in [1.165, 1.54) is 65.7 Å². The molecule has 0 atom stereocenters. The van der Waals surface area contributed by atoms with Gasteiger partial charge in [-0.2, -0.15) is 0 Å². The first-order valence-corrected chi connectivity index (χ1v) is 17.4. The smallest absolute Gasteiger partial charge is 0.131 e. The molecule has 7 aliphatic heterocycles. The van der Waals surface area contributed by atoms with Crippen LogP contribution in [0.2, 0.25) is 0 Å². The maximum Gasteiger partial charge on any atom is 0.131 e. The molecule has 13 rings (SSSR count). The fourth-order valence-electron chi connectivity index (χ4n) is 9.77. The van der Waals surface area contributed by atoms with Crippen LogP contribution >= 0.6 is 0 Å². The molecule has 6 nitrogen and oxygen atoms in total. The number of hydrogen-bond donors (Lipinski definition) is 0. The predicted molar refractivity (Wildman–Crippen MR) is 194 cm³/mol. The van der Waals surface area contributed by atoms with Gasteiger partial charge in [-0.3, -0.25) is 0 Å². The van der Waals surface area contributed by atoms with Gasteiger partial charge in [0.1, 0.15) is 18.5 Å². The Morgan fingerprint density at radius 3 is 0.939 bits per heavy atom. The minimum atomic E-state index is 0.0216. The predicted octanol–water partition coefficient (Wildman–Crippen LogP) is 8.50. The van der Waals surface area contributed by atoms with Crippen LogP contribution in [0.25, 0.3) is 32.3 Å².